The molecule has 3 aromatic rings. The molecule has 0 aliphatic rings. The molecule has 0 aliphatic carbocycles. The number of carbonyl (C=O) groups is 1. The Balaban J connectivity index is 2.31. The molecule has 0 atom stereocenters. The van der Waals surface area contributed by atoms with E-state index in [0.717, 1.165) is 16.7 Å². The first kappa shape index (κ1) is 20.9. The zero-order valence-electron chi connectivity index (χ0n) is 17.4. The summed E-state index contributed by atoms with van der Waals surface area (Å²) in [6.07, 6.45) is 0. The van der Waals surface area contributed by atoms with Gasteiger partial charge >= 0.3 is 0 Å². The predicted octanol–water partition coefficient (Wildman–Crippen LogP) is 4.78. The summed E-state index contributed by atoms with van der Waals surface area (Å²) in [5.74, 6) is 1.10. The van der Waals surface area contributed by atoms with Crippen LogP contribution in [0.1, 0.15) is 27.0 Å². The Labute approximate surface area is 171 Å². The van der Waals surface area contributed by atoms with E-state index >= 15 is 0 Å². The molecule has 0 spiro atoms. The number of benzene rings is 3. The molecule has 0 aliphatic heterocycles. The molecular weight excluding hydrogens is 383 g/mol. The summed E-state index contributed by atoms with van der Waals surface area (Å²) >= 11 is 0. The molecule has 0 aromatic heterocycles. The van der Waals surface area contributed by atoms with Gasteiger partial charge in [-0.15, -0.1) is 0 Å². The monoisotopic (exact) mass is 408 g/mol. The van der Waals surface area contributed by atoms with Crippen molar-refractivity contribution in [1.82, 2.24) is 0 Å². The van der Waals surface area contributed by atoms with E-state index in [1.54, 1.807) is 62.8 Å². The van der Waals surface area contributed by atoms with E-state index in [1.165, 1.54) is 0 Å². The van der Waals surface area contributed by atoms with Crippen LogP contribution in [0, 0.1) is 20.8 Å². The van der Waals surface area contributed by atoms with Crippen molar-refractivity contribution in [2.45, 2.75) is 20.8 Å². The average molecular weight is 408 g/mol. The third-order valence-corrected chi connectivity index (χ3v) is 7.82. The number of aryl methyl sites for hydroxylation is 3. The van der Waals surface area contributed by atoms with Crippen molar-refractivity contribution >= 4 is 23.3 Å². The highest BCUT2D eigenvalue weighted by Gasteiger charge is 2.38. The third kappa shape index (κ3) is 3.86. The highest BCUT2D eigenvalue weighted by Crippen LogP contribution is 2.49. The van der Waals surface area contributed by atoms with Crippen LogP contribution in [-0.2, 0) is 4.57 Å². The standard InChI is InChI=1S/C24H25O4P/c1-16-12-17(2)23(18(3)13-16)24(25)29(26,21-10-6-8-19(14-21)27-4)22-11-7-9-20(15-22)28-5/h6-15H,1-5H3. The van der Waals surface area contributed by atoms with Gasteiger partial charge in [0.2, 0.25) is 12.7 Å². The van der Waals surface area contributed by atoms with E-state index in [0.29, 0.717) is 27.7 Å². The van der Waals surface area contributed by atoms with E-state index in [-0.39, 0.29) is 5.52 Å². The van der Waals surface area contributed by atoms with E-state index in [9.17, 15) is 9.36 Å². The molecule has 5 heteroatoms. The molecule has 4 nitrogen and oxygen atoms in total. The quantitative estimate of drug-likeness (QED) is 0.551. The Morgan fingerprint density at radius 1 is 0.759 bits per heavy atom. The maximum Gasteiger partial charge on any atom is 0.230 e. The summed E-state index contributed by atoms with van der Waals surface area (Å²) < 4.78 is 25.2. The first-order valence-corrected chi connectivity index (χ1v) is 11.0. The minimum atomic E-state index is -3.69. The van der Waals surface area contributed by atoms with Crippen molar-refractivity contribution in [2.75, 3.05) is 14.2 Å². The van der Waals surface area contributed by atoms with E-state index in [1.807, 2.05) is 32.9 Å². The lowest BCUT2D eigenvalue weighted by molar-refractivity contribution is 0.107. The summed E-state index contributed by atoms with van der Waals surface area (Å²) in [5.41, 5.74) is 2.82. The van der Waals surface area contributed by atoms with E-state index in [2.05, 4.69) is 0 Å². The van der Waals surface area contributed by atoms with Crippen LogP contribution >= 0.6 is 7.14 Å². The Morgan fingerprint density at radius 2 is 1.21 bits per heavy atom. The Bertz CT molecular complexity index is 1040. The minimum absolute atomic E-state index is 0.381. The van der Waals surface area contributed by atoms with Crippen LogP contribution in [-0.4, -0.2) is 19.7 Å². The fraction of sp³-hybridized carbons (Fsp3) is 0.208. The van der Waals surface area contributed by atoms with Crippen LogP contribution in [0.2, 0.25) is 0 Å². The van der Waals surface area contributed by atoms with Crippen molar-refractivity contribution in [3.8, 4) is 11.5 Å². The molecule has 0 bridgehead atoms. The van der Waals surface area contributed by atoms with Gasteiger partial charge in [0, 0.05) is 16.2 Å². The number of methoxy groups -OCH3 is 2. The summed E-state index contributed by atoms with van der Waals surface area (Å²) in [4.78, 5) is 13.9. The topological polar surface area (TPSA) is 52.6 Å². The van der Waals surface area contributed by atoms with Crippen molar-refractivity contribution in [3.05, 3.63) is 82.9 Å². The van der Waals surface area contributed by atoms with Gasteiger partial charge in [0.05, 0.1) is 14.2 Å². The third-order valence-electron chi connectivity index (χ3n) is 5.01. The predicted molar refractivity (Wildman–Crippen MR) is 118 cm³/mol. The second-order valence-corrected chi connectivity index (χ2v) is 9.75. The summed E-state index contributed by atoms with van der Waals surface area (Å²) in [7, 11) is -0.591. The lowest BCUT2D eigenvalue weighted by Gasteiger charge is -2.21. The molecule has 0 saturated carbocycles. The highest BCUT2D eigenvalue weighted by molar-refractivity contribution is 7.93. The van der Waals surface area contributed by atoms with Crippen LogP contribution < -0.4 is 20.1 Å². The van der Waals surface area contributed by atoms with Gasteiger partial charge < -0.3 is 14.0 Å². The second-order valence-electron chi connectivity index (χ2n) is 7.09. The van der Waals surface area contributed by atoms with Crippen LogP contribution in [0.3, 0.4) is 0 Å². The molecule has 0 radical (unpaired) electrons. The van der Waals surface area contributed by atoms with Gasteiger partial charge in [-0.2, -0.15) is 0 Å². The fourth-order valence-corrected chi connectivity index (χ4v) is 6.32. The number of hydrogen-bond donors (Lipinski definition) is 0. The van der Waals surface area contributed by atoms with Gasteiger partial charge in [-0.1, -0.05) is 42.0 Å². The maximum absolute atomic E-state index is 14.6. The largest absolute Gasteiger partial charge is 0.497 e. The van der Waals surface area contributed by atoms with Crippen LogP contribution in [0.4, 0.5) is 0 Å². The number of ether oxygens (including phenoxy) is 2. The lowest BCUT2D eigenvalue weighted by atomic mass is 10.0. The summed E-state index contributed by atoms with van der Waals surface area (Å²) in [6, 6.07) is 17.7. The SMILES string of the molecule is COc1cccc(P(=O)(C(=O)c2c(C)cc(C)cc2C)c2cccc(OC)c2)c1. The first-order chi connectivity index (χ1) is 13.8. The van der Waals surface area contributed by atoms with Crippen LogP contribution in [0.15, 0.2) is 60.7 Å². The molecule has 0 N–H and O–H groups in total. The molecule has 150 valence electrons. The lowest BCUT2D eigenvalue weighted by Crippen LogP contribution is -2.24. The van der Waals surface area contributed by atoms with Gasteiger partial charge in [-0.05, 0) is 56.2 Å². The molecular formula is C24H25O4P. The zero-order valence-corrected chi connectivity index (χ0v) is 18.2. The maximum atomic E-state index is 14.6. The number of rotatable bonds is 6. The molecule has 0 unspecified atom stereocenters. The molecule has 29 heavy (non-hydrogen) atoms. The molecule has 0 fully saturated rings. The molecule has 0 saturated heterocycles. The summed E-state index contributed by atoms with van der Waals surface area (Å²) in [6.45, 7) is 5.75. The van der Waals surface area contributed by atoms with E-state index < -0.39 is 7.14 Å². The molecule has 0 amide bonds. The van der Waals surface area contributed by atoms with Gasteiger partial charge in [0.25, 0.3) is 0 Å². The average Bonchev–Trinajstić information content (AvgIpc) is 2.72. The molecule has 3 aromatic carbocycles. The normalized spacial score (nSPS) is 11.2. The Morgan fingerprint density at radius 3 is 1.62 bits per heavy atom. The van der Waals surface area contributed by atoms with Gasteiger partial charge in [0.1, 0.15) is 11.5 Å². The van der Waals surface area contributed by atoms with Crippen molar-refractivity contribution in [3.63, 3.8) is 0 Å². The van der Waals surface area contributed by atoms with Crippen molar-refractivity contribution in [2.24, 2.45) is 0 Å². The second kappa shape index (κ2) is 8.26. The van der Waals surface area contributed by atoms with Gasteiger partial charge in [-0.3, -0.25) is 4.79 Å². The summed E-state index contributed by atoms with van der Waals surface area (Å²) in [5, 5.41) is 0.879. The Kier molecular flexibility index (Phi) is 5.95. The zero-order chi connectivity index (χ0) is 21.2. The van der Waals surface area contributed by atoms with Gasteiger partial charge in [0.15, 0.2) is 0 Å². The fourth-order valence-electron chi connectivity index (χ4n) is 3.67. The van der Waals surface area contributed by atoms with Crippen molar-refractivity contribution in [1.29, 1.82) is 0 Å². The Hall–Kier alpha value is -2.84. The minimum Gasteiger partial charge on any atom is -0.497 e. The smallest absolute Gasteiger partial charge is 0.230 e. The highest BCUT2D eigenvalue weighted by atomic mass is 31.2. The number of carbonyl (C=O) groups excluding carboxylic acids is 1. The van der Waals surface area contributed by atoms with Crippen LogP contribution in [0.25, 0.3) is 0 Å². The molecule has 3 rings (SSSR count). The van der Waals surface area contributed by atoms with Crippen LogP contribution in [0.5, 0.6) is 11.5 Å². The number of hydrogen-bond acceptors (Lipinski definition) is 4. The van der Waals surface area contributed by atoms with Gasteiger partial charge in [-0.25, -0.2) is 0 Å². The first-order valence-electron chi connectivity index (χ1n) is 9.33. The van der Waals surface area contributed by atoms with Crippen molar-refractivity contribution < 1.29 is 18.8 Å². The van der Waals surface area contributed by atoms with E-state index in [4.69, 9.17) is 9.47 Å². The molecule has 0 heterocycles.